The second-order valence-electron chi connectivity index (χ2n) is 7.54. The minimum atomic E-state index is -0.193. The van der Waals surface area contributed by atoms with Crippen molar-refractivity contribution in [1.82, 2.24) is 10.3 Å². The molecule has 0 spiro atoms. The first kappa shape index (κ1) is 21.6. The Bertz CT molecular complexity index is 1020. The average Bonchev–Trinajstić information content (AvgIpc) is 2.84. The molecule has 1 saturated heterocycles. The number of aryl methyl sites for hydroxylation is 1. The lowest BCUT2D eigenvalue weighted by Crippen LogP contribution is -2.38. The summed E-state index contributed by atoms with van der Waals surface area (Å²) < 4.78 is 16.8. The van der Waals surface area contributed by atoms with Gasteiger partial charge in [-0.25, -0.2) is 4.98 Å². The number of pyridine rings is 1. The Labute approximate surface area is 187 Å². The standard InChI is InChI=1S/C25H27N3O4/c1-19-4-6-22(7-5-19)32-23-10-8-21(9-11-23)31-18-24(29)27-17-20-3-2-12-26-25(20)28-13-15-30-16-14-28/h2-12H,13-18H2,1H3,(H,27,29). The van der Waals surface area contributed by atoms with E-state index in [2.05, 4.69) is 15.2 Å². The number of rotatable bonds is 8. The molecule has 1 aliphatic rings. The molecule has 4 rings (SSSR count). The van der Waals surface area contributed by atoms with Crippen LogP contribution in [0.4, 0.5) is 5.82 Å². The number of carbonyl (C=O) groups is 1. The van der Waals surface area contributed by atoms with Crippen LogP contribution < -0.4 is 19.7 Å². The molecule has 0 bridgehead atoms. The minimum absolute atomic E-state index is 0.0642. The lowest BCUT2D eigenvalue weighted by Gasteiger charge is -2.29. The number of nitrogens with zero attached hydrogens (tertiary/aromatic N) is 2. The fourth-order valence-electron chi connectivity index (χ4n) is 3.37. The van der Waals surface area contributed by atoms with Gasteiger partial charge in [-0.3, -0.25) is 4.79 Å². The molecule has 1 aliphatic heterocycles. The fourth-order valence-corrected chi connectivity index (χ4v) is 3.37. The number of benzene rings is 2. The minimum Gasteiger partial charge on any atom is -0.484 e. The second kappa shape index (κ2) is 10.6. The van der Waals surface area contributed by atoms with E-state index in [1.54, 1.807) is 18.3 Å². The number of carbonyl (C=O) groups excluding carboxylic acids is 1. The number of hydrogen-bond donors (Lipinski definition) is 1. The number of nitrogens with one attached hydrogen (secondary N) is 1. The van der Waals surface area contributed by atoms with Crippen molar-refractivity contribution in [1.29, 1.82) is 0 Å². The van der Waals surface area contributed by atoms with Crippen LogP contribution in [0.25, 0.3) is 0 Å². The van der Waals surface area contributed by atoms with E-state index in [0.29, 0.717) is 31.3 Å². The molecule has 1 amide bonds. The molecule has 0 atom stereocenters. The smallest absolute Gasteiger partial charge is 0.258 e. The van der Waals surface area contributed by atoms with Crippen LogP contribution >= 0.6 is 0 Å². The third kappa shape index (κ3) is 5.98. The average molecular weight is 434 g/mol. The molecule has 166 valence electrons. The van der Waals surface area contributed by atoms with Gasteiger partial charge in [-0.05, 0) is 49.4 Å². The predicted molar refractivity (Wildman–Crippen MR) is 122 cm³/mol. The molecule has 7 heteroatoms. The van der Waals surface area contributed by atoms with Crippen LogP contribution in [0.3, 0.4) is 0 Å². The summed E-state index contributed by atoms with van der Waals surface area (Å²) in [5.74, 6) is 2.78. The van der Waals surface area contributed by atoms with Crippen molar-refractivity contribution in [2.75, 3.05) is 37.8 Å². The van der Waals surface area contributed by atoms with Crippen LogP contribution in [-0.2, 0) is 16.1 Å². The van der Waals surface area contributed by atoms with Crippen molar-refractivity contribution in [3.63, 3.8) is 0 Å². The number of aromatic nitrogens is 1. The molecule has 1 fully saturated rings. The van der Waals surface area contributed by atoms with Crippen molar-refractivity contribution in [2.45, 2.75) is 13.5 Å². The zero-order chi connectivity index (χ0) is 22.2. The number of anilines is 1. The molecule has 1 N–H and O–H groups in total. The van der Waals surface area contributed by atoms with E-state index in [1.807, 2.05) is 55.5 Å². The Kier molecular flexibility index (Phi) is 7.19. The highest BCUT2D eigenvalue weighted by Gasteiger charge is 2.16. The summed E-state index contributed by atoms with van der Waals surface area (Å²) in [5, 5.41) is 2.91. The molecule has 0 aliphatic carbocycles. The van der Waals surface area contributed by atoms with Crippen molar-refractivity contribution >= 4 is 11.7 Å². The Balaban J connectivity index is 1.25. The second-order valence-corrected chi connectivity index (χ2v) is 7.54. The van der Waals surface area contributed by atoms with Gasteiger partial charge in [-0.1, -0.05) is 23.8 Å². The normalized spacial score (nSPS) is 13.5. The van der Waals surface area contributed by atoms with Crippen molar-refractivity contribution in [2.24, 2.45) is 0 Å². The molecule has 2 heterocycles. The monoisotopic (exact) mass is 433 g/mol. The van der Waals surface area contributed by atoms with Crippen molar-refractivity contribution < 1.29 is 19.0 Å². The summed E-state index contributed by atoms with van der Waals surface area (Å²) in [4.78, 5) is 19.0. The summed E-state index contributed by atoms with van der Waals surface area (Å²) in [5.41, 5.74) is 2.15. The molecule has 7 nitrogen and oxygen atoms in total. The van der Waals surface area contributed by atoms with Crippen LogP contribution in [0.2, 0.25) is 0 Å². The van der Waals surface area contributed by atoms with E-state index >= 15 is 0 Å². The molecule has 2 aromatic carbocycles. The van der Waals surface area contributed by atoms with E-state index in [-0.39, 0.29) is 12.5 Å². The Hall–Kier alpha value is -3.58. The third-order valence-corrected chi connectivity index (χ3v) is 5.10. The third-order valence-electron chi connectivity index (χ3n) is 5.10. The topological polar surface area (TPSA) is 72.9 Å². The van der Waals surface area contributed by atoms with E-state index in [1.165, 1.54) is 5.56 Å². The van der Waals surface area contributed by atoms with Crippen LogP contribution in [-0.4, -0.2) is 43.8 Å². The highest BCUT2D eigenvalue weighted by atomic mass is 16.5. The van der Waals surface area contributed by atoms with Crippen LogP contribution in [0.5, 0.6) is 17.2 Å². The lowest BCUT2D eigenvalue weighted by molar-refractivity contribution is -0.123. The number of amides is 1. The number of ether oxygens (including phenoxy) is 3. The first-order valence-electron chi connectivity index (χ1n) is 10.7. The molecular weight excluding hydrogens is 406 g/mol. The Morgan fingerprint density at radius 3 is 2.38 bits per heavy atom. The van der Waals surface area contributed by atoms with Crippen LogP contribution in [0, 0.1) is 6.92 Å². The summed E-state index contributed by atoms with van der Waals surface area (Å²) in [6.45, 7) is 5.33. The number of hydrogen-bond acceptors (Lipinski definition) is 6. The van der Waals surface area contributed by atoms with Gasteiger partial charge >= 0.3 is 0 Å². The van der Waals surface area contributed by atoms with Gasteiger partial charge in [0.2, 0.25) is 0 Å². The van der Waals surface area contributed by atoms with Gasteiger partial charge in [0.1, 0.15) is 23.1 Å². The van der Waals surface area contributed by atoms with Gasteiger partial charge in [-0.15, -0.1) is 0 Å². The van der Waals surface area contributed by atoms with E-state index in [0.717, 1.165) is 30.2 Å². The maximum atomic E-state index is 12.3. The molecule has 32 heavy (non-hydrogen) atoms. The first-order chi connectivity index (χ1) is 15.7. The lowest BCUT2D eigenvalue weighted by atomic mass is 10.2. The number of morpholine rings is 1. The van der Waals surface area contributed by atoms with E-state index in [4.69, 9.17) is 14.2 Å². The highest BCUT2D eigenvalue weighted by molar-refractivity contribution is 5.77. The largest absolute Gasteiger partial charge is 0.484 e. The molecule has 0 radical (unpaired) electrons. The van der Waals surface area contributed by atoms with Gasteiger partial charge in [0.15, 0.2) is 6.61 Å². The molecule has 3 aromatic rings. The zero-order valence-corrected chi connectivity index (χ0v) is 18.1. The van der Waals surface area contributed by atoms with Gasteiger partial charge in [0.25, 0.3) is 5.91 Å². The summed E-state index contributed by atoms with van der Waals surface area (Å²) in [7, 11) is 0. The SMILES string of the molecule is Cc1ccc(Oc2ccc(OCC(=O)NCc3cccnc3N3CCOCC3)cc2)cc1. The molecule has 1 aromatic heterocycles. The first-order valence-corrected chi connectivity index (χ1v) is 10.7. The summed E-state index contributed by atoms with van der Waals surface area (Å²) >= 11 is 0. The Morgan fingerprint density at radius 1 is 1.00 bits per heavy atom. The van der Waals surface area contributed by atoms with Crippen molar-refractivity contribution in [3.05, 3.63) is 78.0 Å². The maximum absolute atomic E-state index is 12.3. The van der Waals surface area contributed by atoms with Gasteiger partial charge < -0.3 is 24.4 Å². The predicted octanol–water partition coefficient (Wildman–Crippen LogP) is 3.71. The van der Waals surface area contributed by atoms with E-state index in [9.17, 15) is 4.79 Å². The van der Waals surface area contributed by atoms with Crippen molar-refractivity contribution in [3.8, 4) is 17.2 Å². The van der Waals surface area contributed by atoms with Gasteiger partial charge in [0, 0.05) is 31.4 Å². The summed E-state index contributed by atoms with van der Waals surface area (Å²) in [6.07, 6.45) is 1.77. The zero-order valence-electron chi connectivity index (χ0n) is 18.1. The molecule has 0 saturated carbocycles. The molecular formula is C25H27N3O4. The van der Waals surface area contributed by atoms with Gasteiger partial charge in [0.05, 0.1) is 13.2 Å². The highest BCUT2D eigenvalue weighted by Crippen LogP contribution is 2.24. The molecule has 0 unspecified atom stereocenters. The quantitative estimate of drug-likeness (QED) is 0.584. The summed E-state index contributed by atoms with van der Waals surface area (Å²) in [6, 6.07) is 18.9. The fraction of sp³-hybridized carbons (Fsp3) is 0.280. The van der Waals surface area contributed by atoms with E-state index < -0.39 is 0 Å². The maximum Gasteiger partial charge on any atom is 0.258 e. The van der Waals surface area contributed by atoms with Crippen LogP contribution in [0.15, 0.2) is 66.9 Å². The van der Waals surface area contributed by atoms with Gasteiger partial charge in [-0.2, -0.15) is 0 Å². The Morgan fingerprint density at radius 2 is 1.66 bits per heavy atom. The van der Waals surface area contributed by atoms with Crippen LogP contribution in [0.1, 0.15) is 11.1 Å².